The normalized spacial score (nSPS) is 12.7. The van der Waals surface area contributed by atoms with E-state index >= 15 is 0 Å². The summed E-state index contributed by atoms with van der Waals surface area (Å²) in [6, 6.07) is 17.5. The Hall–Kier alpha value is -2.71. The molecule has 0 radical (unpaired) electrons. The number of aryl methyl sites for hydroxylation is 1. The summed E-state index contributed by atoms with van der Waals surface area (Å²) in [5.74, 6) is -0.188. The highest BCUT2D eigenvalue weighted by Gasteiger charge is 2.18. The van der Waals surface area contributed by atoms with Crippen molar-refractivity contribution in [3.63, 3.8) is 0 Å². The first-order chi connectivity index (χ1) is 16.3. The number of primary amides is 1. The van der Waals surface area contributed by atoms with Crippen LogP contribution in [0, 0.1) is 6.92 Å². The van der Waals surface area contributed by atoms with E-state index in [2.05, 4.69) is 38.5 Å². The van der Waals surface area contributed by atoms with Crippen LogP contribution in [0.1, 0.15) is 49.0 Å². The number of nitrogens with zero attached hydrogens (tertiary/aromatic N) is 1. The number of thiazole rings is 1. The van der Waals surface area contributed by atoms with Gasteiger partial charge in [0.25, 0.3) is 0 Å². The number of hydrogen-bond donors (Lipinski definition) is 3. The van der Waals surface area contributed by atoms with Gasteiger partial charge >= 0.3 is 0 Å². The van der Waals surface area contributed by atoms with Crippen molar-refractivity contribution >= 4 is 44.2 Å². The average molecular weight is 544 g/mol. The number of carbonyl (C=O) groups excluding carboxylic acids is 2. The molecule has 0 saturated carbocycles. The molecular formula is C26H31BrN4O2S. The van der Waals surface area contributed by atoms with Gasteiger partial charge in [-0.25, -0.2) is 4.98 Å². The molecule has 0 fully saturated rings. The summed E-state index contributed by atoms with van der Waals surface area (Å²) in [7, 11) is 0. The number of carbonyl (C=O) groups is 2. The minimum atomic E-state index is -0.503. The lowest BCUT2D eigenvalue weighted by Gasteiger charge is -2.15. The van der Waals surface area contributed by atoms with Crippen LogP contribution >= 0.6 is 27.3 Å². The Morgan fingerprint density at radius 3 is 2.47 bits per heavy atom. The van der Waals surface area contributed by atoms with E-state index in [9.17, 15) is 9.59 Å². The van der Waals surface area contributed by atoms with Crippen molar-refractivity contribution in [2.75, 3.05) is 11.9 Å². The van der Waals surface area contributed by atoms with Crippen molar-refractivity contribution in [3.8, 4) is 11.3 Å². The van der Waals surface area contributed by atoms with Gasteiger partial charge < -0.3 is 16.4 Å². The van der Waals surface area contributed by atoms with Crippen LogP contribution in [0.5, 0.6) is 0 Å². The van der Waals surface area contributed by atoms with Gasteiger partial charge in [0.2, 0.25) is 11.8 Å². The van der Waals surface area contributed by atoms with E-state index in [1.54, 1.807) is 0 Å². The highest BCUT2D eigenvalue weighted by molar-refractivity contribution is 9.10. The maximum absolute atomic E-state index is 12.2. The summed E-state index contributed by atoms with van der Waals surface area (Å²) >= 11 is 4.96. The predicted octanol–water partition coefficient (Wildman–Crippen LogP) is 5.63. The van der Waals surface area contributed by atoms with E-state index in [1.807, 2.05) is 61.5 Å². The van der Waals surface area contributed by atoms with Gasteiger partial charge in [-0.2, -0.15) is 0 Å². The van der Waals surface area contributed by atoms with Crippen LogP contribution in [0.3, 0.4) is 0 Å². The van der Waals surface area contributed by atoms with Gasteiger partial charge in [-0.3, -0.25) is 9.59 Å². The summed E-state index contributed by atoms with van der Waals surface area (Å²) in [5, 5.41) is 6.86. The zero-order valence-electron chi connectivity index (χ0n) is 19.5. The molecule has 4 N–H and O–H groups in total. The molecule has 0 bridgehead atoms. The summed E-state index contributed by atoms with van der Waals surface area (Å²) in [4.78, 5) is 30.0. The highest BCUT2D eigenvalue weighted by atomic mass is 79.9. The standard InChI is InChI=1S/C26H31BrN4O2S/c1-17(19-8-4-3-5-9-19)16-23(32)29-15-7-6-10-22(25(28)33)30-26-31-24(18(2)34-26)20-11-13-21(27)14-12-20/h3-5,8-9,11-14,17,22H,6-7,10,15-16H2,1-2H3,(H2,28,33)(H,29,32)(H,30,31)/t17?,22-/m1/s1. The Morgan fingerprint density at radius 2 is 1.79 bits per heavy atom. The minimum Gasteiger partial charge on any atom is -0.368 e. The molecular weight excluding hydrogens is 512 g/mol. The first-order valence-corrected chi connectivity index (χ1v) is 13.0. The Bertz CT molecular complexity index is 1090. The van der Waals surface area contributed by atoms with Crippen molar-refractivity contribution in [2.24, 2.45) is 5.73 Å². The van der Waals surface area contributed by atoms with Crippen LogP contribution in [0.2, 0.25) is 0 Å². The van der Waals surface area contributed by atoms with Gasteiger partial charge in [0, 0.05) is 27.9 Å². The van der Waals surface area contributed by atoms with Crippen LogP contribution in [-0.2, 0) is 9.59 Å². The Morgan fingerprint density at radius 1 is 1.09 bits per heavy atom. The Labute approximate surface area is 213 Å². The molecule has 0 aliphatic rings. The third-order valence-electron chi connectivity index (χ3n) is 5.66. The summed E-state index contributed by atoms with van der Waals surface area (Å²) in [6.45, 7) is 4.65. The monoisotopic (exact) mass is 542 g/mol. The topological polar surface area (TPSA) is 97.1 Å². The van der Waals surface area contributed by atoms with Gasteiger partial charge in [-0.05, 0) is 49.8 Å². The zero-order valence-corrected chi connectivity index (χ0v) is 21.9. The van der Waals surface area contributed by atoms with E-state index in [4.69, 9.17) is 5.73 Å². The average Bonchev–Trinajstić information content (AvgIpc) is 3.19. The summed E-state index contributed by atoms with van der Waals surface area (Å²) in [6.07, 6.45) is 2.58. The van der Waals surface area contributed by atoms with E-state index in [0.29, 0.717) is 24.5 Å². The second kappa shape index (κ2) is 12.7. The second-order valence-corrected chi connectivity index (χ2v) is 10.5. The van der Waals surface area contributed by atoms with Crippen molar-refractivity contribution in [1.82, 2.24) is 10.3 Å². The molecule has 3 aromatic rings. The quantitative estimate of drug-likeness (QED) is 0.258. The van der Waals surface area contributed by atoms with Crippen molar-refractivity contribution in [3.05, 3.63) is 69.5 Å². The van der Waals surface area contributed by atoms with Gasteiger partial charge in [0.1, 0.15) is 6.04 Å². The van der Waals surface area contributed by atoms with Gasteiger partial charge in [-0.15, -0.1) is 11.3 Å². The molecule has 8 heteroatoms. The van der Waals surface area contributed by atoms with E-state index in [-0.39, 0.29) is 11.8 Å². The molecule has 0 aliphatic heterocycles. The number of benzene rings is 2. The molecule has 2 atom stereocenters. The number of aromatic nitrogens is 1. The fourth-order valence-corrected chi connectivity index (χ4v) is 4.87. The fraction of sp³-hybridized carbons (Fsp3) is 0.346. The second-order valence-electron chi connectivity index (χ2n) is 8.39. The van der Waals surface area contributed by atoms with Crippen LogP contribution < -0.4 is 16.4 Å². The number of unbranched alkanes of at least 4 members (excludes halogenated alkanes) is 1. The van der Waals surface area contributed by atoms with Crippen LogP contribution in [-0.4, -0.2) is 29.4 Å². The lowest BCUT2D eigenvalue weighted by Crippen LogP contribution is -2.35. The number of halogens is 1. The molecule has 1 heterocycles. The molecule has 6 nitrogen and oxygen atoms in total. The van der Waals surface area contributed by atoms with Crippen LogP contribution in [0.15, 0.2) is 59.1 Å². The van der Waals surface area contributed by atoms with Gasteiger partial charge in [-0.1, -0.05) is 65.3 Å². The van der Waals surface area contributed by atoms with Crippen molar-refractivity contribution in [1.29, 1.82) is 0 Å². The molecule has 1 aromatic heterocycles. The maximum atomic E-state index is 12.2. The molecule has 1 unspecified atom stereocenters. The molecule has 0 aliphatic carbocycles. The van der Waals surface area contributed by atoms with E-state index < -0.39 is 11.9 Å². The molecule has 0 spiro atoms. The number of anilines is 1. The number of hydrogen-bond acceptors (Lipinski definition) is 5. The molecule has 3 rings (SSSR count). The summed E-state index contributed by atoms with van der Waals surface area (Å²) in [5.41, 5.74) is 8.72. The molecule has 2 aromatic carbocycles. The number of amides is 2. The first-order valence-electron chi connectivity index (χ1n) is 11.4. The zero-order chi connectivity index (χ0) is 24.5. The maximum Gasteiger partial charge on any atom is 0.239 e. The summed E-state index contributed by atoms with van der Waals surface area (Å²) < 4.78 is 1.01. The number of nitrogens with two attached hydrogens (primary N) is 1. The lowest BCUT2D eigenvalue weighted by atomic mass is 9.97. The first kappa shape index (κ1) is 25.9. The number of rotatable bonds is 12. The van der Waals surface area contributed by atoms with Crippen molar-refractivity contribution < 1.29 is 9.59 Å². The largest absolute Gasteiger partial charge is 0.368 e. The predicted molar refractivity (Wildman–Crippen MR) is 143 cm³/mol. The van der Waals surface area contributed by atoms with Crippen LogP contribution in [0.25, 0.3) is 11.3 Å². The van der Waals surface area contributed by atoms with E-state index in [1.165, 1.54) is 11.3 Å². The van der Waals surface area contributed by atoms with Crippen LogP contribution in [0.4, 0.5) is 5.13 Å². The van der Waals surface area contributed by atoms with E-state index in [0.717, 1.165) is 39.0 Å². The third kappa shape index (κ3) is 7.67. The number of nitrogens with one attached hydrogen (secondary N) is 2. The third-order valence-corrected chi connectivity index (χ3v) is 7.09. The molecule has 0 saturated heterocycles. The highest BCUT2D eigenvalue weighted by Crippen LogP contribution is 2.31. The van der Waals surface area contributed by atoms with Gasteiger partial charge in [0.05, 0.1) is 5.69 Å². The lowest BCUT2D eigenvalue weighted by molar-refractivity contribution is -0.121. The molecule has 2 amide bonds. The molecule has 34 heavy (non-hydrogen) atoms. The smallest absolute Gasteiger partial charge is 0.239 e. The Kier molecular flexibility index (Phi) is 9.65. The fourth-order valence-electron chi connectivity index (χ4n) is 3.72. The van der Waals surface area contributed by atoms with Gasteiger partial charge in [0.15, 0.2) is 5.13 Å². The molecule has 180 valence electrons. The Balaban J connectivity index is 1.43. The SMILES string of the molecule is Cc1sc(N[C@H](CCCCNC(=O)CC(C)c2ccccc2)C(N)=O)nc1-c1ccc(Br)cc1. The van der Waals surface area contributed by atoms with Crippen molar-refractivity contribution in [2.45, 2.75) is 51.5 Å². The minimum absolute atomic E-state index is 0.0414.